The molecule has 0 aromatic heterocycles. The standard InChI is InChI=1S/C11H12ClFO/c1-11(2)4-3-7-5-8(12)9(13)6-10(7)14-11/h5-6H,3-4H2,1-2H3. The van der Waals surface area contributed by atoms with Gasteiger partial charge in [-0.1, -0.05) is 11.6 Å². The first-order valence-corrected chi connectivity index (χ1v) is 5.03. The second-order valence-corrected chi connectivity index (χ2v) is 4.64. The molecular weight excluding hydrogens is 203 g/mol. The Kier molecular flexibility index (Phi) is 2.18. The van der Waals surface area contributed by atoms with E-state index in [2.05, 4.69) is 0 Å². The summed E-state index contributed by atoms with van der Waals surface area (Å²) in [6.07, 6.45) is 1.82. The molecule has 3 heteroatoms. The monoisotopic (exact) mass is 214 g/mol. The van der Waals surface area contributed by atoms with Crippen LogP contribution in [0.4, 0.5) is 4.39 Å². The number of hydrogen-bond donors (Lipinski definition) is 0. The first-order chi connectivity index (χ1) is 6.48. The molecule has 0 bridgehead atoms. The van der Waals surface area contributed by atoms with Crippen molar-refractivity contribution in [1.82, 2.24) is 0 Å². The van der Waals surface area contributed by atoms with Gasteiger partial charge in [0, 0.05) is 6.07 Å². The van der Waals surface area contributed by atoms with E-state index in [4.69, 9.17) is 16.3 Å². The fourth-order valence-corrected chi connectivity index (χ4v) is 1.83. The minimum atomic E-state index is -0.414. The molecule has 76 valence electrons. The molecular formula is C11H12ClFO. The van der Waals surface area contributed by atoms with E-state index in [-0.39, 0.29) is 10.6 Å². The number of aryl methyl sites for hydroxylation is 1. The molecule has 1 aliphatic heterocycles. The van der Waals surface area contributed by atoms with Gasteiger partial charge in [-0.3, -0.25) is 0 Å². The molecule has 0 atom stereocenters. The highest BCUT2D eigenvalue weighted by atomic mass is 35.5. The van der Waals surface area contributed by atoms with Crippen molar-refractivity contribution in [2.45, 2.75) is 32.3 Å². The fourth-order valence-electron chi connectivity index (χ4n) is 1.64. The fraction of sp³-hybridized carbons (Fsp3) is 0.455. The zero-order valence-electron chi connectivity index (χ0n) is 8.23. The van der Waals surface area contributed by atoms with Gasteiger partial charge in [-0.05, 0) is 38.3 Å². The molecule has 1 aromatic carbocycles. The van der Waals surface area contributed by atoms with Gasteiger partial charge in [0.2, 0.25) is 0 Å². The van der Waals surface area contributed by atoms with E-state index in [1.54, 1.807) is 6.07 Å². The van der Waals surface area contributed by atoms with Gasteiger partial charge in [-0.15, -0.1) is 0 Å². The Bertz CT molecular complexity index is 374. The highest BCUT2D eigenvalue weighted by molar-refractivity contribution is 6.30. The van der Waals surface area contributed by atoms with Crippen molar-refractivity contribution < 1.29 is 9.13 Å². The molecule has 0 radical (unpaired) electrons. The van der Waals surface area contributed by atoms with Gasteiger partial charge in [0.1, 0.15) is 17.2 Å². The van der Waals surface area contributed by atoms with Crippen LogP contribution >= 0.6 is 11.6 Å². The second-order valence-electron chi connectivity index (χ2n) is 4.24. The normalized spacial score (nSPS) is 18.6. The summed E-state index contributed by atoms with van der Waals surface area (Å²) < 4.78 is 18.8. The summed E-state index contributed by atoms with van der Waals surface area (Å²) in [7, 11) is 0. The van der Waals surface area contributed by atoms with Crippen molar-refractivity contribution in [2.75, 3.05) is 0 Å². The molecule has 0 saturated carbocycles. The number of benzene rings is 1. The third-order valence-electron chi connectivity index (χ3n) is 2.49. The van der Waals surface area contributed by atoms with Gasteiger partial charge >= 0.3 is 0 Å². The minimum absolute atomic E-state index is 0.173. The molecule has 1 heterocycles. The lowest BCUT2D eigenvalue weighted by Gasteiger charge is -2.32. The van der Waals surface area contributed by atoms with Crippen LogP contribution in [0.2, 0.25) is 5.02 Å². The lowest BCUT2D eigenvalue weighted by Crippen LogP contribution is -2.32. The van der Waals surface area contributed by atoms with Crippen LogP contribution in [-0.4, -0.2) is 5.60 Å². The number of halogens is 2. The molecule has 0 N–H and O–H groups in total. The van der Waals surface area contributed by atoms with Gasteiger partial charge < -0.3 is 4.74 Å². The van der Waals surface area contributed by atoms with Crippen LogP contribution in [0.15, 0.2) is 12.1 Å². The Morgan fingerprint density at radius 1 is 1.43 bits per heavy atom. The van der Waals surface area contributed by atoms with Crippen LogP contribution in [0.5, 0.6) is 5.75 Å². The Balaban J connectivity index is 2.43. The zero-order chi connectivity index (χ0) is 10.3. The Morgan fingerprint density at radius 2 is 2.14 bits per heavy atom. The van der Waals surface area contributed by atoms with Crippen molar-refractivity contribution >= 4 is 11.6 Å². The summed E-state index contributed by atoms with van der Waals surface area (Å²) >= 11 is 5.69. The predicted octanol–water partition coefficient (Wildman–Crippen LogP) is 3.58. The molecule has 0 unspecified atom stereocenters. The average molecular weight is 215 g/mol. The van der Waals surface area contributed by atoms with Crippen molar-refractivity contribution in [3.8, 4) is 5.75 Å². The Labute approximate surface area is 87.8 Å². The van der Waals surface area contributed by atoms with Crippen molar-refractivity contribution in [3.05, 3.63) is 28.5 Å². The maximum atomic E-state index is 13.1. The molecule has 0 amide bonds. The van der Waals surface area contributed by atoms with Crippen LogP contribution in [0.3, 0.4) is 0 Å². The number of ether oxygens (including phenoxy) is 1. The van der Waals surface area contributed by atoms with E-state index in [0.717, 1.165) is 18.4 Å². The summed E-state index contributed by atoms with van der Waals surface area (Å²) in [5.41, 5.74) is 0.795. The van der Waals surface area contributed by atoms with Crippen molar-refractivity contribution in [1.29, 1.82) is 0 Å². The van der Waals surface area contributed by atoms with E-state index in [9.17, 15) is 4.39 Å². The molecule has 0 aliphatic carbocycles. The lowest BCUT2D eigenvalue weighted by molar-refractivity contribution is 0.0842. The quantitative estimate of drug-likeness (QED) is 0.642. The van der Waals surface area contributed by atoms with E-state index in [1.807, 2.05) is 13.8 Å². The van der Waals surface area contributed by atoms with Gasteiger partial charge in [-0.2, -0.15) is 0 Å². The maximum absolute atomic E-state index is 13.1. The maximum Gasteiger partial charge on any atom is 0.145 e. The molecule has 2 rings (SSSR count). The van der Waals surface area contributed by atoms with Gasteiger partial charge in [-0.25, -0.2) is 4.39 Å². The van der Waals surface area contributed by atoms with Gasteiger partial charge in [0.05, 0.1) is 5.02 Å². The van der Waals surface area contributed by atoms with Gasteiger partial charge in [0.15, 0.2) is 0 Å². The minimum Gasteiger partial charge on any atom is -0.487 e. The van der Waals surface area contributed by atoms with Crippen LogP contribution in [0.25, 0.3) is 0 Å². The summed E-state index contributed by atoms with van der Waals surface area (Å²) in [5, 5.41) is 0.173. The molecule has 1 aliphatic rings. The first kappa shape index (κ1) is 9.78. The SMILES string of the molecule is CC1(C)CCc2cc(Cl)c(F)cc2O1. The van der Waals surface area contributed by atoms with Crippen LogP contribution in [-0.2, 0) is 6.42 Å². The molecule has 1 nitrogen and oxygen atoms in total. The predicted molar refractivity (Wildman–Crippen MR) is 54.4 cm³/mol. The second kappa shape index (κ2) is 3.13. The molecule has 0 saturated heterocycles. The molecule has 0 fully saturated rings. The smallest absolute Gasteiger partial charge is 0.145 e. The summed E-state index contributed by atoms with van der Waals surface area (Å²) in [6.45, 7) is 4.00. The van der Waals surface area contributed by atoms with E-state index < -0.39 is 5.82 Å². The molecule has 1 aromatic rings. The highest BCUT2D eigenvalue weighted by Crippen LogP contribution is 2.35. The first-order valence-electron chi connectivity index (χ1n) is 4.65. The third-order valence-corrected chi connectivity index (χ3v) is 2.78. The van der Waals surface area contributed by atoms with Crippen LogP contribution in [0, 0.1) is 5.82 Å². The van der Waals surface area contributed by atoms with E-state index >= 15 is 0 Å². The van der Waals surface area contributed by atoms with E-state index in [1.165, 1.54) is 6.07 Å². The van der Waals surface area contributed by atoms with E-state index in [0.29, 0.717) is 5.75 Å². The Hall–Kier alpha value is -0.760. The topological polar surface area (TPSA) is 9.23 Å². The van der Waals surface area contributed by atoms with Crippen molar-refractivity contribution in [2.24, 2.45) is 0 Å². The number of fused-ring (bicyclic) bond motifs is 1. The zero-order valence-corrected chi connectivity index (χ0v) is 8.99. The summed E-state index contributed by atoms with van der Waals surface area (Å²) in [4.78, 5) is 0. The Morgan fingerprint density at radius 3 is 2.86 bits per heavy atom. The van der Waals surface area contributed by atoms with Gasteiger partial charge in [0.25, 0.3) is 0 Å². The molecule has 14 heavy (non-hydrogen) atoms. The molecule has 0 spiro atoms. The van der Waals surface area contributed by atoms with Crippen molar-refractivity contribution in [3.63, 3.8) is 0 Å². The lowest BCUT2D eigenvalue weighted by atomic mass is 9.94. The van der Waals surface area contributed by atoms with Crippen LogP contribution < -0.4 is 4.74 Å². The average Bonchev–Trinajstić information content (AvgIpc) is 2.07. The largest absolute Gasteiger partial charge is 0.487 e. The summed E-state index contributed by atoms with van der Waals surface area (Å²) in [6, 6.07) is 3.03. The summed E-state index contributed by atoms with van der Waals surface area (Å²) in [5.74, 6) is 0.214. The van der Waals surface area contributed by atoms with Crippen LogP contribution in [0.1, 0.15) is 25.8 Å². The number of hydrogen-bond acceptors (Lipinski definition) is 1. The number of rotatable bonds is 0. The highest BCUT2D eigenvalue weighted by Gasteiger charge is 2.27. The third kappa shape index (κ3) is 1.71.